The van der Waals surface area contributed by atoms with Crippen LogP contribution in [0.15, 0.2) is 30.3 Å². The highest BCUT2D eigenvalue weighted by atomic mass is 16.5. The Labute approximate surface area is 177 Å². The molecule has 2 saturated heterocycles. The van der Waals surface area contributed by atoms with E-state index in [4.69, 9.17) is 9.47 Å². The molecule has 2 aliphatic heterocycles. The van der Waals surface area contributed by atoms with Gasteiger partial charge in [0.2, 0.25) is 11.8 Å². The van der Waals surface area contributed by atoms with Crippen LogP contribution >= 0.6 is 0 Å². The Hall–Kier alpha value is -2.00. The summed E-state index contributed by atoms with van der Waals surface area (Å²) in [4.78, 5) is 26.6. The summed E-state index contributed by atoms with van der Waals surface area (Å²) in [5.74, 6) is -0.122. The zero-order valence-electron chi connectivity index (χ0n) is 17.4. The largest absolute Gasteiger partial charge is 0.394 e. The van der Waals surface area contributed by atoms with Gasteiger partial charge in [0.1, 0.15) is 6.10 Å². The molecule has 2 fully saturated rings. The smallest absolute Gasteiger partial charge is 0.234 e. The number of aliphatic hydroxyl groups is 1. The fourth-order valence-electron chi connectivity index (χ4n) is 3.93. The fourth-order valence-corrected chi connectivity index (χ4v) is 3.93. The molecule has 3 atom stereocenters. The van der Waals surface area contributed by atoms with E-state index in [1.54, 1.807) is 0 Å². The number of hydrogen-bond acceptors (Lipinski definition) is 6. The molecule has 30 heavy (non-hydrogen) atoms. The SMILES string of the molecule is O=C(C[C@H]1CC[C@@H](NC(=O)CN2CCOCC2)[C@H](CO)O1)NCCc1ccccc1. The van der Waals surface area contributed by atoms with Gasteiger partial charge in [-0.15, -0.1) is 0 Å². The van der Waals surface area contributed by atoms with Gasteiger partial charge < -0.3 is 25.2 Å². The number of amides is 2. The highest BCUT2D eigenvalue weighted by Crippen LogP contribution is 2.22. The van der Waals surface area contributed by atoms with E-state index in [9.17, 15) is 14.7 Å². The van der Waals surface area contributed by atoms with E-state index >= 15 is 0 Å². The first-order chi connectivity index (χ1) is 14.6. The molecule has 0 saturated carbocycles. The normalized spacial score (nSPS) is 24.9. The molecule has 8 nitrogen and oxygen atoms in total. The lowest BCUT2D eigenvalue weighted by Crippen LogP contribution is -2.53. The molecule has 3 rings (SSSR count). The van der Waals surface area contributed by atoms with Crippen LogP contribution in [0, 0.1) is 0 Å². The van der Waals surface area contributed by atoms with Crippen molar-refractivity contribution in [3.8, 4) is 0 Å². The lowest BCUT2D eigenvalue weighted by Gasteiger charge is -2.36. The molecule has 2 aliphatic rings. The lowest BCUT2D eigenvalue weighted by molar-refractivity contribution is -0.136. The number of carbonyl (C=O) groups excluding carboxylic acids is 2. The van der Waals surface area contributed by atoms with Crippen molar-refractivity contribution < 1.29 is 24.2 Å². The third kappa shape index (κ3) is 7.36. The second-order valence-electron chi connectivity index (χ2n) is 7.91. The van der Waals surface area contributed by atoms with Gasteiger partial charge in [-0.05, 0) is 24.8 Å². The molecule has 0 unspecified atom stereocenters. The topological polar surface area (TPSA) is 100 Å². The highest BCUT2D eigenvalue weighted by molar-refractivity contribution is 5.78. The minimum absolute atomic E-state index is 0.0533. The molecule has 0 radical (unpaired) electrons. The number of benzene rings is 1. The molecule has 0 bridgehead atoms. The number of aliphatic hydroxyl groups excluding tert-OH is 1. The van der Waals surface area contributed by atoms with Crippen LogP contribution in [0.25, 0.3) is 0 Å². The van der Waals surface area contributed by atoms with Gasteiger partial charge in [0, 0.05) is 19.6 Å². The predicted octanol–water partition coefficient (Wildman–Crippen LogP) is 0.0923. The van der Waals surface area contributed by atoms with Gasteiger partial charge in [0.25, 0.3) is 0 Å². The predicted molar refractivity (Wildman–Crippen MR) is 112 cm³/mol. The number of nitrogens with one attached hydrogen (secondary N) is 2. The minimum Gasteiger partial charge on any atom is -0.394 e. The maximum absolute atomic E-state index is 12.3. The van der Waals surface area contributed by atoms with Crippen LogP contribution in [0.2, 0.25) is 0 Å². The molecule has 2 heterocycles. The number of rotatable bonds is 9. The fraction of sp³-hybridized carbons (Fsp3) is 0.636. The quantitative estimate of drug-likeness (QED) is 0.525. The van der Waals surface area contributed by atoms with Crippen molar-refractivity contribution in [1.82, 2.24) is 15.5 Å². The van der Waals surface area contributed by atoms with Crippen LogP contribution in [-0.2, 0) is 25.5 Å². The average molecular weight is 420 g/mol. The summed E-state index contributed by atoms with van der Waals surface area (Å²) in [5.41, 5.74) is 1.18. The van der Waals surface area contributed by atoms with E-state index in [0.29, 0.717) is 39.1 Å². The summed E-state index contributed by atoms with van der Waals surface area (Å²) >= 11 is 0. The van der Waals surface area contributed by atoms with Gasteiger partial charge in [0.15, 0.2) is 0 Å². The first-order valence-electron chi connectivity index (χ1n) is 10.8. The Morgan fingerprint density at radius 1 is 1.10 bits per heavy atom. The molecule has 0 aliphatic carbocycles. The molecular formula is C22H33N3O5. The van der Waals surface area contributed by atoms with Gasteiger partial charge in [0.05, 0.1) is 44.9 Å². The maximum atomic E-state index is 12.3. The molecule has 1 aromatic rings. The second-order valence-corrected chi connectivity index (χ2v) is 7.91. The average Bonchev–Trinajstić information content (AvgIpc) is 2.76. The third-order valence-corrected chi connectivity index (χ3v) is 5.60. The number of hydrogen-bond donors (Lipinski definition) is 3. The summed E-state index contributed by atoms with van der Waals surface area (Å²) in [6.45, 7) is 3.51. The summed E-state index contributed by atoms with van der Waals surface area (Å²) < 4.78 is 11.2. The number of nitrogens with zero attached hydrogens (tertiary/aromatic N) is 1. The van der Waals surface area contributed by atoms with Gasteiger partial charge in [-0.3, -0.25) is 14.5 Å². The number of morpholine rings is 1. The van der Waals surface area contributed by atoms with Gasteiger partial charge in [-0.25, -0.2) is 0 Å². The van der Waals surface area contributed by atoms with Crippen molar-refractivity contribution >= 4 is 11.8 Å². The monoisotopic (exact) mass is 419 g/mol. The Morgan fingerprint density at radius 3 is 2.60 bits per heavy atom. The zero-order valence-corrected chi connectivity index (χ0v) is 17.4. The molecule has 3 N–H and O–H groups in total. The molecule has 8 heteroatoms. The van der Waals surface area contributed by atoms with E-state index in [1.807, 2.05) is 30.3 Å². The Kier molecular flexibility index (Phi) is 9.07. The molecular weight excluding hydrogens is 386 g/mol. The minimum atomic E-state index is -0.491. The van der Waals surface area contributed by atoms with Crippen LogP contribution in [0.5, 0.6) is 0 Å². The summed E-state index contributed by atoms with van der Waals surface area (Å²) in [6.07, 6.45) is 1.67. The van der Waals surface area contributed by atoms with Gasteiger partial charge >= 0.3 is 0 Å². The van der Waals surface area contributed by atoms with Crippen molar-refractivity contribution in [2.75, 3.05) is 46.0 Å². The molecule has 2 amide bonds. The van der Waals surface area contributed by atoms with Crippen LogP contribution in [-0.4, -0.2) is 86.1 Å². The third-order valence-electron chi connectivity index (χ3n) is 5.60. The van der Waals surface area contributed by atoms with Gasteiger partial charge in [-0.2, -0.15) is 0 Å². The van der Waals surface area contributed by atoms with E-state index in [-0.39, 0.29) is 37.0 Å². The summed E-state index contributed by atoms with van der Waals surface area (Å²) in [6, 6.07) is 9.78. The van der Waals surface area contributed by atoms with E-state index in [0.717, 1.165) is 19.5 Å². The maximum Gasteiger partial charge on any atom is 0.234 e. The zero-order chi connectivity index (χ0) is 21.2. The van der Waals surface area contributed by atoms with Crippen LogP contribution < -0.4 is 10.6 Å². The second kappa shape index (κ2) is 12.0. The van der Waals surface area contributed by atoms with Crippen molar-refractivity contribution in [3.63, 3.8) is 0 Å². The first kappa shape index (κ1) is 22.7. The number of carbonyl (C=O) groups is 2. The standard InChI is InChI=1S/C22H33N3O5/c26-16-20-19(24-22(28)15-25-10-12-29-13-11-25)7-6-18(30-20)14-21(27)23-9-8-17-4-2-1-3-5-17/h1-5,18-20,26H,6-16H2,(H,23,27)(H,24,28)/t18-,19-,20+/m1/s1. The van der Waals surface area contributed by atoms with Crippen molar-refractivity contribution in [1.29, 1.82) is 0 Å². The van der Waals surface area contributed by atoms with Gasteiger partial charge in [-0.1, -0.05) is 30.3 Å². The van der Waals surface area contributed by atoms with Crippen molar-refractivity contribution in [2.45, 2.75) is 43.9 Å². The first-order valence-corrected chi connectivity index (χ1v) is 10.8. The molecule has 0 spiro atoms. The molecule has 0 aromatic heterocycles. The van der Waals surface area contributed by atoms with Crippen LogP contribution in [0.3, 0.4) is 0 Å². The molecule has 1 aromatic carbocycles. The van der Waals surface area contributed by atoms with Crippen molar-refractivity contribution in [2.24, 2.45) is 0 Å². The Balaban J connectivity index is 1.36. The van der Waals surface area contributed by atoms with Crippen molar-refractivity contribution in [3.05, 3.63) is 35.9 Å². The summed E-state index contributed by atoms with van der Waals surface area (Å²) in [7, 11) is 0. The van der Waals surface area contributed by atoms with E-state index in [2.05, 4.69) is 15.5 Å². The molecule has 166 valence electrons. The summed E-state index contributed by atoms with van der Waals surface area (Å²) in [5, 5.41) is 15.6. The number of ether oxygens (including phenoxy) is 2. The van der Waals surface area contributed by atoms with Crippen LogP contribution in [0.4, 0.5) is 0 Å². The van der Waals surface area contributed by atoms with E-state index < -0.39 is 6.10 Å². The lowest BCUT2D eigenvalue weighted by atomic mass is 9.97. The highest BCUT2D eigenvalue weighted by Gasteiger charge is 2.33. The Morgan fingerprint density at radius 2 is 1.87 bits per heavy atom. The van der Waals surface area contributed by atoms with Crippen LogP contribution in [0.1, 0.15) is 24.8 Å². The van der Waals surface area contributed by atoms with E-state index in [1.165, 1.54) is 5.56 Å². The Bertz CT molecular complexity index is 666.